The number of aromatic nitrogens is 4. The second-order valence-electron chi connectivity index (χ2n) is 10.6. The van der Waals surface area contributed by atoms with Gasteiger partial charge in [-0.05, 0) is 56.2 Å². The number of piperazine rings is 1. The van der Waals surface area contributed by atoms with Gasteiger partial charge in [0.1, 0.15) is 6.33 Å². The van der Waals surface area contributed by atoms with Crippen LogP contribution in [0.3, 0.4) is 0 Å². The summed E-state index contributed by atoms with van der Waals surface area (Å²) in [5.41, 5.74) is 1.61. The number of carbonyl (C=O) groups excluding carboxylic acids is 1. The largest absolute Gasteiger partial charge is 0.416 e. The van der Waals surface area contributed by atoms with Crippen molar-refractivity contribution in [2.45, 2.75) is 39.0 Å². The maximum atomic E-state index is 13.6. The van der Waals surface area contributed by atoms with E-state index in [-0.39, 0.29) is 23.4 Å². The molecule has 40 heavy (non-hydrogen) atoms. The van der Waals surface area contributed by atoms with E-state index in [2.05, 4.69) is 32.3 Å². The number of fused-ring (bicyclic) bond motifs is 3. The molecule has 2 aliphatic heterocycles. The highest BCUT2D eigenvalue weighted by atomic mass is 19.4. The summed E-state index contributed by atoms with van der Waals surface area (Å²) in [5.74, 6) is 0.609. The average Bonchev–Trinajstić information content (AvgIpc) is 3.35. The predicted octanol–water partition coefficient (Wildman–Crippen LogP) is 4.46. The third kappa shape index (κ3) is 4.59. The van der Waals surface area contributed by atoms with Gasteiger partial charge < -0.3 is 19.9 Å². The number of alkyl halides is 3. The number of carbonyl (C=O) groups is 1. The first kappa shape index (κ1) is 26.3. The van der Waals surface area contributed by atoms with Crippen LogP contribution in [0.2, 0.25) is 0 Å². The molecule has 2 saturated heterocycles. The maximum absolute atomic E-state index is 13.6. The minimum Gasteiger partial charge on any atom is -0.380 e. The van der Waals surface area contributed by atoms with Crippen molar-refractivity contribution in [3.63, 3.8) is 0 Å². The topological polar surface area (TPSA) is 87.9 Å². The Hall–Kier alpha value is -3.93. The molecule has 0 saturated carbocycles. The Morgan fingerprint density at radius 3 is 2.65 bits per heavy atom. The van der Waals surface area contributed by atoms with Crippen LogP contribution < -0.4 is 10.2 Å². The Bertz CT molecular complexity index is 1580. The molecular formula is C28H30F3N7O2. The molecule has 0 aliphatic carbocycles. The first-order valence-corrected chi connectivity index (χ1v) is 13.3. The number of halogens is 3. The Morgan fingerprint density at radius 1 is 1.15 bits per heavy atom. The lowest BCUT2D eigenvalue weighted by Crippen LogP contribution is -2.56. The van der Waals surface area contributed by atoms with Gasteiger partial charge in [-0.3, -0.25) is 4.79 Å². The normalized spacial score (nSPS) is 19.2. The smallest absolute Gasteiger partial charge is 0.380 e. The summed E-state index contributed by atoms with van der Waals surface area (Å²) in [6.45, 7) is 8.31. The first-order valence-electron chi connectivity index (χ1n) is 13.3. The molecule has 0 bridgehead atoms. The van der Waals surface area contributed by atoms with Crippen LogP contribution in [0.1, 0.15) is 36.6 Å². The lowest BCUT2D eigenvalue weighted by Gasteiger charge is -2.43. The van der Waals surface area contributed by atoms with E-state index < -0.39 is 17.8 Å². The molecule has 0 unspecified atom stereocenters. The van der Waals surface area contributed by atoms with Crippen molar-refractivity contribution >= 4 is 33.8 Å². The van der Waals surface area contributed by atoms with Gasteiger partial charge in [0.25, 0.3) is 0 Å². The minimum atomic E-state index is -4.43. The van der Waals surface area contributed by atoms with Gasteiger partial charge in [-0.25, -0.2) is 4.98 Å². The number of hydrogen-bond acceptors (Lipinski definition) is 7. The van der Waals surface area contributed by atoms with Crippen LogP contribution >= 0.6 is 0 Å². The van der Waals surface area contributed by atoms with Crippen LogP contribution in [0.4, 0.5) is 24.7 Å². The summed E-state index contributed by atoms with van der Waals surface area (Å²) in [6.07, 6.45) is -3.01. The minimum absolute atomic E-state index is 0.0351. The van der Waals surface area contributed by atoms with Gasteiger partial charge in [0.2, 0.25) is 5.91 Å². The molecule has 1 amide bonds. The molecule has 2 fully saturated rings. The summed E-state index contributed by atoms with van der Waals surface area (Å²) in [7, 11) is 0. The Balaban J connectivity index is 1.33. The van der Waals surface area contributed by atoms with Crippen molar-refractivity contribution in [3.8, 4) is 0 Å². The molecule has 2 atom stereocenters. The van der Waals surface area contributed by atoms with Gasteiger partial charge in [0, 0.05) is 42.1 Å². The average molecular weight is 554 g/mol. The summed E-state index contributed by atoms with van der Waals surface area (Å²) in [5, 5.41) is 13.8. The zero-order valence-corrected chi connectivity index (χ0v) is 22.4. The second kappa shape index (κ2) is 9.92. The first-order chi connectivity index (χ1) is 19.1. The van der Waals surface area contributed by atoms with Crippen molar-refractivity contribution in [3.05, 3.63) is 59.4 Å². The fraction of sp³-hybridized carbons (Fsp3) is 0.429. The van der Waals surface area contributed by atoms with E-state index in [1.807, 2.05) is 30.0 Å². The Labute approximate surface area is 228 Å². The van der Waals surface area contributed by atoms with Gasteiger partial charge in [0.05, 0.1) is 30.7 Å². The zero-order valence-electron chi connectivity index (χ0n) is 22.4. The van der Waals surface area contributed by atoms with E-state index in [1.165, 1.54) is 23.9 Å². The summed E-state index contributed by atoms with van der Waals surface area (Å²) >= 11 is 0. The number of amides is 1. The number of hydrogen-bond donors (Lipinski definition) is 1. The number of nitrogens with zero attached hydrogens (tertiary/aromatic N) is 6. The highest BCUT2D eigenvalue weighted by Gasteiger charge is 2.35. The van der Waals surface area contributed by atoms with Crippen molar-refractivity contribution in [2.24, 2.45) is 5.92 Å². The number of rotatable bonds is 5. The predicted molar refractivity (Wildman–Crippen MR) is 144 cm³/mol. The van der Waals surface area contributed by atoms with Crippen molar-refractivity contribution in [2.75, 3.05) is 43.1 Å². The van der Waals surface area contributed by atoms with Crippen LogP contribution in [-0.4, -0.2) is 69.5 Å². The zero-order chi connectivity index (χ0) is 28.2. The molecule has 0 spiro atoms. The highest BCUT2D eigenvalue weighted by molar-refractivity contribution is 6.01. The lowest BCUT2D eigenvalue weighted by molar-refractivity contribution is -0.150. The third-order valence-electron chi connectivity index (χ3n) is 7.98. The number of benzene rings is 2. The Morgan fingerprint density at radius 2 is 1.95 bits per heavy atom. The molecule has 210 valence electrons. The third-order valence-corrected chi connectivity index (χ3v) is 7.98. The molecule has 0 radical (unpaired) electrons. The lowest BCUT2D eigenvalue weighted by atomic mass is 9.97. The Kier molecular flexibility index (Phi) is 6.52. The standard InChI is InChI=1S/C28H30F3N7O2/c1-16-12-36(27(39)19-13-40-14-19)9-10-37(16)20-7-8-22-23(11-20)25(35-38-26(22)32-15-33-38)34-18(3)21-5-4-6-24(17(21)2)28(29,30)31/h4-8,11,15-16,18-19H,9-10,12-14H2,1-3H3,(H,34,35)/t16-,18+/m0/s1. The molecule has 6 rings (SSSR count). The van der Waals surface area contributed by atoms with E-state index >= 15 is 0 Å². The van der Waals surface area contributed by atoms with Crippen molar-refractivity contribution in [1.82, 2.24) is 24.7 Å². The molecule has 2 aliphatic rings. The van der Waals surface area contributed by atoms with E-state index in [0.29, 0.717) is 49.9 Å². The summed E-state index contributed by atoms with van der Waals surface area (Å²) in [6, 6.07) is 9.86. The molecule has 2 aromatic heterocycles. The van der Waals surface area contributed by atoms with Crippen LogP contribution in [0.5, 0.6) is 0 Å². The van der Waals surface area contributed by atoms with E-state index in [1.54, 1.807) is 6.07 Å². The molecule has 1 N–H and O–H groups in total. The quantitative estimate of drug-likeness (QED) is 0.391. The van der Waals surface area contributed by atoms with E-state index in [0.717, 1.165) is 22.5 Å². The van der Waals surface area contributed by atoms with Crippen LogP contribution in [0, 0.1) is 12.8 Å². The molecule has 4 heterocycles. The van der Waals surface area contributed by atoms with E-state index in [4.69, 9.17) is 4.74 Å². The number of nitrogens with one attached hydrogen (secondary N) is 1. The molecule has 9 nitrogen and oxygen atoms in total. The number of ether oxygens (including phenoxy) is 1. The molecular weight excluding hydrogens is 523 g/mol. The monoisotopic (exact) mass is 553 g/mol. The van der Waals surface area contributed by atoms with Crippen LogP contribution in [0.25, 0.3) is 16.4 Å². The van der Waals surface area contributed by atoms with E-state index in [9.17, 15) is 18.0 Å². The fourth-order valence-corrected chi connectivity index (χ4v) is 5.73. The van der Waals surface area contributed by atoms with Crippen molar-refractivity contribution in [1.29, 1.82) is 0 Å². The second-order valence-corrected chi connectivity index (χ2v) is 10.6. The van der Waals surface area contributed by atoms with Crippen molar-refractivity contribution < 1.29 is 22.7 Å². The van der Waals surface area contributed by atoms with Gasteiger partial charge >= 0.3 is 6.18 Å². The molecule has 12 heteroatoms. The van der Waals surface area contributed by atoms with Gasteiger partial charge in [-0.2, -0.15) is 13.2 Å². The SMILES string of the molecule is Cc1c([C@@H](C)Nc2nn3ncnc3c3ccc(N4CCN(C(=O)C5COC5)C[C@@H]4C)cc23)cccc1C(F)(F)F. The summed E-state index contributed by atoms with van der Waals surface area (Å²) in [4.78, 5) is 21.3. The molecule has 4 aromatic rings. The highest BCUT2D eigenvalue weighted by Crippen LogP contribution is 2.36. The van der Waals surface area contributed by atoms with Crippen LogP contribution in [-0.2, 0) is 15.7 Å². The van der Waals surface area contributed by atoms with Crippen LogP contribution in [0.15, 0.2) is 42.7 Å². The number of anilines is 2. The molecule has 2 aromatic carbocycles. The van der Waals surface area contributed by atoms with Gasteiger partial charge in [-0.1, -0.05) is 12.1 Å². The van der Waals surface area contributed by atoms with Gasteiger partial charge in [-0.15, -0.1) is 14.8 Å². The maximum Gasteiger partial charge on any atom is 0.416 e. The summed E-state index contributed by atoms with van der Waals surface area (Å²) < 4.78 is 47.3. The fourth-order valence-electron chi connectivity index (χ4n) is 5.73. The van der Waals surface area contributed by atoms with Gasteiger partial charge in [0.15, 0.2) is 11.5 Å².